The van der Waals surface area contributed by atoms with Gasteiger partial charge in [0.2, 0.25) is 0 Å². The molecule has 0 atom stereocenters. The fraction of sp³-hybridized carbons (Fsp3) is 0. The molecule has 0 aliphatic rings. The third-order valence-corrected chi connectivity index (χ3v) is 1.31. The highest BCUT2D eigenvalue weighted by molar-refractivity contribution is 7.79. The molecule has 1 rings (SSSR count). The van der Waals surface area contributed by atoms with Crippen LogP contribution in [0.15, 0.2) is 18.2 Å². The summed E-state index contributed by atoms with van der Waals surface area (Å²) in [5.74, 6) is -1.06. The summed E-state index contributed by atoms with van der Waals surface area (Å²) < 4.78 is 31.6. The van der Waals surface area contributed by atoms with Gasteiger partial charge >= 0.3 is 16.4 Å². The zero-order valence-electron chi connectivity index (χ0n) is 7.86. The molecule has 90 valence electrons. The highest BCUT2D eigenvalue weighted by Crippen LogP contribution is 2.14. The number of hydrogen-bond acceptors (Lipinski definition) is 5. The SMILES string of the molecule is Nc1ccc(N)c(C(=O)O)c1.O=S(=O)(O)O. The summed E-state index contributed by atoms with van der Waals surface area (Å²) in [4.78, 5) is 10.4. The summed E-state index contributed by atoms with van der Waals surface area (Å²) in [5.41, 5.74) is 11.4. The number of aromatic carboxylic acids is 1. The van der Waals surface area contributed by atoms with Gasteiger partial charge < -0.3 is 16.6 Å². The van der Waals surface area contributed by atoms with Crippen molar-refractivity contribution in [3.63, 3.8) is 0 Å². The van der Waals surface area contributed by atoms with Crippen LogP contribution in [0.3, 0.4) is 0 Å². The Morgan fingerprint density at radius 1 is 1.19 bits per heavy atom. The lowest BCUT2D eigenvalue weighted by Gasteiger charge is -2.00. The Balaban J connectivity index is 0.000000385. The predicted octanol–water partition coefficient (Wildman–Crippen LogP) is -0.104. The van der Waals surface area contributed by atoms with Gasteiger partial charge in [-0.2, -0.15) is 8.42 Å². The highest BCUT2D eigenvalue weighted by atomic mass is 32.3. The van der Waals surface area contributed by atoms with Gasteiger partial charge in [-0.3, -0.25) is 9.11 Å². The molecule has 8 nitrogen and oxygen atoms in total. The average molecular weight is 250 g/mol. The smallest absolute Gasteiger partial charge is 0.394 e. The summed E-state index contributed by atoms with van der Waals surface area (Å²) in [6.45, 7) is 0. The number of carboxylic acid groups (broad SMARTS) is 1. The number of carbonyl (C=O) groups is 1. The van der Waals surface area contributed by atoms with Crippen LogP contribution in [0.5, 0.6) is 0 Å². The minimum Gasteiger partial charge on any atom is -0.478 e. The second-order valence-electron chi connectivity index (χ2n) is 2.60. The van der Waals surface area contributed by atoms with Crippen molar-refractivity contribution in [3.8, 4) is 0 Å². The molecule has 0 saturated heterocycles. The first-order chi connectivity index (χ1) is 7.11. The Morgan fingerprint density at radius 3 is 1.94 bits per heavy atom. The van der Waals surface area contributed by atoms with E-state index >= 15 is 0 Å². The number of benzene rings is 1. The average Bonchev–Trinajstić information content (AvgIpc) is 2.06. The van der Waals surface area contributed by atoms with Crippen LogP contribution in [-0.2, 0) is 10.4 Å². The van der Waals surface area contributed by atoms with Crippen molar-refractivity contribution < 1.29 is 27.4 Å². The molecule has 0 bridgehead atoms. The molecule has 0 aliphatic carbocycles. The van der Waals surface area contributed by atoms with Crippen molar-refractivity contribution in [1.82, 2.24) is 0 Å². The molecule has 0 spiro atoms. The second kappa shape index (κ2) is 5.30. The molecule has 9 heteroatoms. The number of nitrogens with two attached hydrogens (primary N) is 2. The van der Waals surface area contributed by atoms with Crippen molar-refractivity contribution in [2.45, 2.75) is 0 Å². The van der Waals surface area contributed by atoms with E-state index in [1.54, 1.807) is 6.07 Å². The molecule has 1 aromatic rings. The van der Waals surface area contributed by atoms with Gasteiger partial charge in [0.25, 0.3) is 0 Å². The van der Waals surface area contributed by atoms with Crippen LogP contribution in [0, 0.1) is 0 Å². The number of rotatable bonds is 1. The molecule has 0 fully saturated rings. The maximum absolute atomic E-state index is 10.4. The molecule has 0 radical (unpaired) electrons. The van der Waals surface area contributed by atoms with E-state index in [0.29, 0.717) is 5.69 Å². The topological polar surface area (TPSA) is 164 Å². The van der Waals surface area contributed by atoms with E-state index in [9.17, 15) is 4.79 Å². The van der Waals surface area contributed by atoms with Gasteiger partial charge in [-0.25, -0.2) is 4.79 Å². The first-order valence-corrected chi connectivity index (χ1v) is 5.09. The van der Waals surface area contributed by atoms with E-state index in [1.165, 1.54) is 12.1 Å². The van der Waals surface area contributed by atoms with Crippen molar-refractivity contribution in [2.75, 3.05) is 11.5 Å². The lowest BCUT2D eigenvalue weighted by molar-refractivity contribution is 0.0698. The molecule has 0 aliphatic heterocycles. The molecule has 1 aromatic carbocycles. The Hall–Kier alpha value is -1.84. The third kappa shape index (κ3) is 6.59. The molecule has 0 aromatic heterocycles. The van der Waals surface area contributed by atoms with E-state index in [-0.39, 0.29) is 11.3 Å². The summed E-state index contributed by atoms with van der Waals surface area (Å²) >= 11 is 0. The number of hydrogen-bond donors (Lipinski definition) is 5. The molecular formula is C7H10N2O6S. The van der Waals surface area contributed by atoms with Crippen LogP contribution in [0.1, 0.15) is 10.4 Å². The fourth-order valence-electron chi connectivity index (χ4n) is 0.759. The number of carboxylic acids is 1. The standard InChI is InChI=1S/C7H8N2O2.H2O4S/c8-4-1-2-6(9)5(3-4)7(10)11;1-5(2,3)4/h1-3H,8-9H2,(H,10,11);(H2,1,2,3,4). The maximum atomic E-state index is 10.4. The summed E-state index contributed by atoms with van der Waals surface area (Å²) in [7, 11) is -4.67. The molecule has 7 N–H and O–H groups in total. The number of nitrogen functional groups attached to an aromatic ring is 2. The van der Waals surface area contributed by atoms with Crippen molar-refractivity contribution in [1.29, 1.82) is 0 Å². The zero-order valence-corrected chi connectivity index (χ0v) is 8.68. The van der Waals surface area contributed by atoms with Crippen LogP contribution < -0.4 is 11.5 Å². The van der Waals surface area contributed by atoms with Gasteiger partial charge in [-0.1, -0.05) is 0 Å². The van der Waals surface area contributed by atoms with E-state index in [4.69, 9.17) is 34.1 Å². The van der Waals surface area contributed by atoms with Gasteiger partial charge in [0.15, 0.2) is 0 Å². The van der Waals surface area contributed by atoms with Gasteiger partial charge in [0.05, 0.1) is 5.56 Å². The second-order valence-corrected chi connectivity index (χ2v) is 3.50. The van der Waals surface area contributed by atoms with Crippen LogP contribution in [0.4, 0.5) is 11.4 Å². The van der Waals surface area contributed by atoms with Gasteiger partial charge in [-0.15, -0.1) is 0 Å². The van der Waals surface area contributed by atoms with E-state index in [1.807, 2.05) is 0 Å². The summed E-state index contributed by atoms with van der Waals surface area (Å²) in [6.07, 6.45) is 0. The van der Waals surface area contributed by atoms with Gasteiger partial charge in [0, 0.05) is 11.4 Å². The van der Waals surface area contributed by atoms with Crippen molar-refractivity contribution >= 4 is 27.7 Å². The molecule has 0 amide bonds. The van der Waals surface area contributed by atoms with E-state index in [2.05, 4.69) is 0 Å². The third-order valence-electron chi connectivity index (χ3n) is 1.31. The van der Waals surface area contributed by atoms with Crippen LogP contribution >= 0.6 is 0 Å². The molecule has 16 heavy (non-hydrogen) atoms. The maximum Gasteiger partial charge on any atom is 0.394 e. The Bertz CT molecular complexity index is 476. The first-order valence-electron chi connectivity index (χ1n) is 3.69. The Morgan fingerprint density at radius 2 is 1.62 bits per heavy atom. The lowest BCUT2D eigenvalue weighted by Crippen LogP contribution is -2.02. The molecular weight excluding hydrogens is 240 g/mol. The highest BCUT2D eigenvalue weighted by Gasteiger charge is 2.06. The van der Waals surface area contributed by atoms with Crippen molar-refractivity contribution in [3.05, 3.63) is 23.8 Å². The number of anilines is 2. The molecule has 0 unspecified atom stereocenters. The van der Waals surface area contributed by atoms with Crippen molar-refractivity contribution in [2.24, 2.45) is 0 Å². The normalized spacial score (nSPS) is 10.1. The quantitative estimate of drug-likeness (QED) is 0.340. The first kappa shape index (κ1) is 14.2. The van der Waals surface area contributed by atoms with E-state index in [0.717, 1.165) is 0 Å². The van der Waals surface area contributed by atoms with Gasteiger partial charge in [0.1, 0.15) is 0 Å². The fourth-order valence-corrected chi connectivity index (χ4v) is 0.759. The minimum absolute atomic E-state index is 0.0463. The molecule has 0 heterocycles. The van der Waals surface area contributed by atoms with Crippen LogP contribution in [-0.4, -0.2) is 28.6 Å². The monoisotopic (exact) mass is 250 g/mol. The minimum atomic E-state index is -4.67. The van der Waals surface area contributed by atoms with Crippen LogP contribution in [0.2, 0.25) is 0 Å². The Kier molecular flexibility index (Phi) is 4.69. The molecule has 0 saturated carbocycles. The Labute approximate surface area is 91.1 Å². The summed E-state index contributed by atoms with van der Waals surface area (Å²) in [5, 5.41) is 8.55. The van der Waals surface area contributed by atoms with Gasteiger partial charge in [-0.05, 0) is 18.2 Å². The van der Waals surface area contributed by atoms with Crippen LogP contribution in [0.25, 0.3) is 0 Å². The lowest BCUT2D eigenvalue weighted by atomic mass is 10.1. The largest absolute Gasteiger partial charge is 0.478 e. The predicted molar refractivity (Wildman–Crippen MR) is 56.4 cm³/mol. The van der Waals surface area contributed by atoms with E-state index < -0.39 is 16.4 Å². The zero-order chi connectivity index (χ0) is 12.9. The summed E-state index contributed by atoms with van der Waals surface area (Å²) in [6, 6.07) is 4.36.